The molecule has 1 aliphatic heterocycles. The molecule has 1 fully saturated rings. The summed E-state index contributed by atoms with van der Waals surface area (Å²) in [7, 11) is 0. The highest BCUT2D eigenvalue weighted by atomic mass is 16.4. The second-order valence-electron chi connectivity index (χ2n) is 5.62. The zero-order valence-corrected chi connectivity index (χ0v) is 12.0. The molecule has 1 unspecified atom stereocenters. The minimum atomic E-state index is -0.890. The molecular weight excluding hydrogens is 254 g/mol. The monoisotopic (exact) mass is 275 g/mol. The molecule has 1 aliphatic rings. The van der Waals surface area contributed by atoms with Crippen LogP contribution in [0.15, 0.2) is 24.3 Å². The Morgan fingerprint density at radius 3 is 2.60 bits per heavy atom. The van der Waals surface area contributed by atoms with Crippen molar-refractivity contribution in [2.75, 3.05) is 6.54 Å². The minimum Gasteiger partial charge on any atom is -0.480 e. The van der Waals surface area contributed by atoms with Gasteiger partial charge in [-0.15, -0.1) is 0 Å². The Kier molecular flexibility index (Phi) is 4.42. The summed E-state index contributed by atoms with van der Waals surface area (Å²) in [6.45, 7) is 4.47. The molecule has 1 N–H and O–H groups in total. The summed E-state index contributed by atoms with van der Waals surface area (Å²) in [4.78, 5) is 25.1. The van der Waals surface area contributed by atoms with Crippen LogP contribution in [0.3, 0.4) is 0 Å². The van der Waals surface area contributed by atoms with E-state index in [1.807, 2.05) is 38.1 Å². The van der Waals surface area contributed by atoms with Crippen molar-refractivity contribution in [3.8, 4) is 0 Å². The first-order valence-electron chi connectivity index (χ1n) is 7.08. The molecule has 1 saturated heterocycles. The number of hydrogen-bond acceptors (Lipinski definition) is 2. The van der Waals surface area contributed by atoms with Crippen LogP contribution in [0.5, 0.6) is 0 Å². The predicted molar refractivity (Wildman–Crippen MR) is 76.4 cm³/mol. The van der Waals surface area contributed by atoms with Gasteiger partial charge in [-0.05, 0) is 31.7 Å². The van der Waals surface area contributed by atoms with Crippen LogP contribution in [0, 0.1) is 12.8 Å². The fourth-order valence-corrected chi connectivity index (χ4v) is 2.74. The molecule has 0 aliphatic carbocycles. The Hall–Kier alpha value is -1.84. The summed E-state index contributed by atoms with van der Waals surface area (Å²) in [5, 5.41) is 9.14. The number of likely N-dealkylation sites (tertiary alicyclic amines) is 1. The SMILES string of the molecule is Cc1ccc(CC(C)C(=O)N2CCC[C@@H]2C(=O)O)cc1. The molecule has 4 heteroatoms. The van der Waals surface area contributed by atoms with E-state index >= 15 is 0 Å². The third kappa shape index (κ3) is 3.18. The van der Waals surface area contributed by atoms with Crippen LogP contribution in [-0.2, 0) is 16.0 Å². The number of carbonyl (C=O) groups is 2. The molecule has 0 spiro atoms. The number of nitrogens with zero attached hydrogens (tertiary/aromatic N) is 1. The van der Waals surface area contributed by atoms with Gasteiger partial charge < -0.3 is 10.0 Å². The van der Waals surface area contributed by atoms with Gasteiger partial charge in [-0.1, -0.05) is 36.8 Å². The number of amides is 1. The van der Waals surface area contributed by atoms with E-state index in [0.717, 1.165) is 12.0 Å². The maximum atomic E-state index is 12.4. The second kappa shape index (κ2) is 6.07. The van der Waals surface area contributed by atoms with Crippen LogP contribution < -0.4 is 0 Å². The normalized spacial score (nSPS) is 19.9. The van der Waals surface area contributed by atoms with Crippen molar-refractivity contribution in [1.29, 1.82) is 0 Å². The zero-order valence-electron chi connectivity index (χ0n) is 12.0. The molecule has 0 radical (unpaired) electrons. The van der Waals surface area contributed by atoms with E-state index in [1.54, 1.807) is 0 Å². The van der Waals surface area contributed by atoms with E-state index in [2.05, 4.69) is 0 Å². The summed E-state index contributed by atoms with van der Waals surface area (Å²) in [5.74, 6) is -1.12. The second-order valence-corrected chi connectivity index (χ2v) is 5.62. The molecule has 2 rings (SSSR count). The summed E-state index contributed by atoms with van der Waals surface area (Å²) in [5.41, 5.74) is 2.31. The van der Waals surface area contributed by atoms with Gasteiger partial charge in [-0.3, -0.25) is 4.79 Å². The van der Waals surface area contributed by atoms with E-state index in [-0.39, 0.29) is 11.8 Å². The Balaban J connectivity index is 2.01. The van der Waals surface area contributed by atoms with Crippen LogP contribution in [0.25, 0.3) is 0 Å². The lowest BCUT2D eigenvalue weighted by Gasteiger charge is -2.25. The van der Waals surface area contributed by atoms with E-state index < -0.39 is 12.0 Å². The molecule has 0 aromatic heterocycles. The highest BCUT2D eigenvalue weighted by Gasteiger charge is 2.35. The van der Waals surface area contributed by atoms with Crippen molar-refractivity contribution in [2.24, 2.45) is 5.92 Å². The fourth-order valence-electron chi connectivity index (χ4n) is 2.74. The third-order valence-electron chi connectivity index (χ3n) is 3.91. The van der Waals surface area contributed by atoms with Gasteiger partial charge in [0.15, 0.2) is 0 Å². The van der Waals surface area contributed by atoms with Gasteiger partial charge in [0.1, 0.15) is 6.04 Å². The Morgan fingerprint density at radius 2 is 2.00 bits per heavy atom. The number of carboxylic acids is 1. The lowest BCUT2D eigenvalue weighted by Crippen LogP contribution is -2.43. The van der Waals surface area contributed by atoms with E-state index in [4.69, 9.17) is 5.11 Å². The van der Waals surface area contributed by atoms with Crippen LogP contribution >= 0.6 is 0 Å². The van der Waals surface area contributed by atoms with Crippen molar-refractivity contribution < 1.29 is 14.7 Å². The van der Waals surface area contributed by atoms with Gasteiger partial charge in [0.2, 0.25) is 5.91 Å². The van der Waals surface area contributed by atoms with E-state index in [0.29, 0.717) is 19.4 Å². The van der Waals surface area contributed by atoms with Crippen molar-refractivity contribution in [3.63, 3.8) is 0 Å². The van der Waals surface area contributed by atoms with E-state index in [9.17, 15) is 9.59 Å². The molecule has 20 heavy (non-hydrogen) atoms. The van der Waals surface area contributed by atoms with Crippen molar-refractivity contribution in [2.45, 2.75) is 39.2 Å². The molecule has 1 heterocycles. The average molecular weight is 275 g/mol. The first-order valence-corrected chi connectivity index (χ1v) is 7.08. The summed E-state index contributed by atoms with van der Waals surface area (Å²) < 4.78 is 0. The molecule has 1 aromatic rings. The maximum absolute atomic E-state index is 12.4. The summed E-state index contributed by atoms with van der Waals surface area (Å²) in [6, 6.07) is 7.48. The van der Waals surface area contributed by atoms with Crippen LogP contribution in [0.2, 0.25) is 0 Å². The number of carbonyl (C=O) groups excluding carboxylic acids is 1. The van der Waals surface area contributed by atoms with Crippen molar-refractivity contribution in [3.05, 3.63) is 35.4 Å². The number of aliphatic carboxylic acids is 1. The predicted octanol–water partition coefficient (Wildman–Crippen LogP) is 2.25. The topological polar surface area (TPSA) is 57.6 Å². The number of rotatable bonds is 4. The quantitative estimate of drug-likeness (QED) is 0.917. The Morgan fingerprint density at radius 1 is 1.35 bits per heavy atom. The molecule has 2 atom stereocenters. The van der Waals surface area contributed by atoms with E-state index in [1.165, 1.54) is 10.5 Å². The van der Waals surface area contributed by atoms with Gasteiger partial charge in [-0.25, -0.2) is 4.79 Å². The number of aryl methyl sites for hydroxylation is 1. The Labute approximate surface area is 119 Å². The highest BCUT2D eigenvalue weighted by Crippen LogP contribution is 2.21. The fraction of sp³-hybridized carbons (Fsp3) is 0.500. The molecule has 4 nitrogen and oxygen atoms in total. The zero-order chi connectivity index (χ0) is 14.7. The van der Waals surface area contributed by atoms with Gasteiger partial charge in [-0.2, -0.15) is 0 Å². The van der Waals surface area contributed by atoms with Gasteiger partial charge in [0.25, 0.3) is 0 Å². The van der Waals surface area contributed by atoms with Crippen LogP contribution in [0.4, 0.5) is 0 Å². The largest absolute Gasteiger partial charge is 0.480 e. The van der Waals surface area contributed by atoms with Crippen LogP contribution in [0.1, 0.15) is 30.9 Å². The number of carboxylic acid groups (broad SMARTS) is 1. The molecule has 1 aromatic carbocycles. The number of hydrogen-bond donors (Lipinski definition) is 1. The summed E-state index contributed by atoms with van der Waals surface area (Å²) in [6.07, 6.45) is 2.00. The average Bonchev–Trinajstić information content (AvgIpc) is 2.90. The smallest absolute Gasteiger partial charge is 0.326 e. The molecule has 108 valence electrons. The Bertz CT molecular complexity index is 495. The standard InChI is InChI=1S/C16H21NO3/c1-11-5-7-13(8-6-11)10-12(2)15(18)17-9-3-4-14(17)16(19)20/h5-8,12,14H,3-4,9-10H2,1-2H3,(H,19,20)/t12?,14-/m1/s1. The molecule has 1 amide bonds. The van der Waals surface area contributed by atoms with Crippen molar-refractivity contribution in [1.82, 2.24) is 4.90 Å². The lowest BCUT2D eigenvalue weighted by atomic mass is 9.98. The minimum absolute atomic E-state index is 0.0459. The lowest BCUT2D eigenvalue weighted by molar-refractivity contribution is -0.149. The van der Waals surface area contributed by atoms with Gasteiger partial charge in [0, 0.05) is 12.5 Å². The molecule has 0 bridgehead atoms. The highest BCUT2D eigenvalue weighted by molar-refractivity contribution is 5.85. The third-order valence-corrected chi connectivity index (χ3v) is 3.91. The summed E-state index contributed by atoms with van der Waals surface area (Å²) >= 11 is 0. The molecule has 0 saturated carbocycles. The van der Waals surface area contributed by atoms with Crippen molar-refractivity contribution >= 4 is 11.9 Å². The van der Waals surface area contributed by atoms with Gasteiger partial charge >= 0.3 is 5.97 Å². The van der Waals surface area contributed by atoms with Crippen LogP contribution in [-0.4, -0.2) is 34.5 Å². The maximum Gasteiger partial charge on any atom is 0.326 e. The molecular formula is C16H21NO3. The first kappa shape index (κ1) is 14.6. The number of benzene rings is 1. The first-order chi connectivity index (χ1) is 9.49. The van der Waals surface area contributed by atoms with Gasteiger partial charge in [0.05, 0.1) is 0 Å².